The fourth-order valence-electron chi connectivity index (χ4n) is 3.09. The van der Waals surface area contributed by atoms with Gasteiger partial charge in [-0.15, -0.1) is 21.5 Å². The Morgan fingerprint density at radius 2 is 1.81 bits per heavy atom. The topological polar surface area (TPSA) is 126 Å². The number of rotatable bonds is 8. The fourth-order valence-corrected chi connectivity index (χ4v) is 4.03. The summed E-state index contributed by atoms with van der Waals surface area (Å²) in [5, 5.41) is 19.9. The summed E-state index contributed by atoms with van der Waals surface area (Å²) < 4.78 is 0. The molecule has 3 N–H and O–H groups in total. The lowest BCUT2D eigenvalue weighted by Crippen LogP contribution is -2.27. The van der Waals surface area contributed by atoms with Crippen molar-refractivity contribution in [1.29, 1.82) is 0 Å². The van der Waals surface area contributed by atoms with Crippen LogP contribution in [0.5, 0.6) is 0 Å². The number of hydrogen-bond donors (Lipinski definition) is 3. The number of carbonyl (C=O) groups excluding carboxylic acids is 2. The van der Waals surface area contributed by atoms with Gasteiger partial charge in [-0.1, -0.05) is 49.4 Å². The van der Waals surface area contributed by atoms with E-state index < -0.39 is 0 Å². The number of nitrogens with zero attached hydrogens (tertiary/aromatic N) is 4. The normalized spacial score (nSPS) is 10.7. The second-order valence-corrected chi connectivity index (χ2v) is 7.96. The molecule has 32 heavy (non-hydrogen) atoms. The van der Waals surface area contributed by atoms with Crippen LogP contribution in [0.15, 0.2) is 54.6 Å². The van der Waals surface area contributed by atoms with E-state index in [0.29, 0.717) is 16.5 Å². The van der Waals surface area contributed by atoms with Crippen molar-refractivity contribution in [2.45, 2.75) is 19.8 Å². The monoisotopic (exact) mass is 447 g/mol. The van der Waals surface area contributed by atoms with Crippen molar-refractivity contribution in [3.63, 3.8) is 0 Å². The zero-order valence-electron chi connectivity index (χ0n) is 17.3. The Kier molecular flexibility index (Phi) is 6.61. The quantitative estimate of drug-likeness (QED) is 0.380. The third kappa shape index (κ3) is 5.03. The van der Waals surface area contributed by atoms with Gasteiger partial charge in [0.1, 0.15) is 0 Å². The summed E-state index contributed by atoms with van der Waals surface area (Å²) in [5.41, 5.74) is 3.15. The van der Waals surface area contributed by atoms with E-state index in [1.54, 1.807) is 24.3 Å². The number of aromatic amines is 1. The molecule has 0 aliphatic heterocycles. The summed E-state index contributed by atoms with van der Waals surface area (Å²) >= 11 is 1.47. The third-order valence-electron chi connectivity index (χ3n) is 4.70. The highest BCUT2D eigenvalue weighted by molar-refractivity contribution is 7.16. The van der Waals surface area contributed by atoms with Crippen LogP contribution >= 0.6 is 11.3 Å². The highest BCUT2D eigenvalue weighted by atomic mass is 32.1. The van der Waals surface area contributed by atoms with Gasteiger partial charge in [-0.3, -0.25) is 9.59 Å². The molecule has 0 aliphatic carbocycles. The second-order valence-electron chi connectivity index (χ2n) is 6.88. The molecule has 2 amide bonds. The summed E-state index contributed by atoms with van der Waals surface area (Å²) in [6.45, 7) is 2.28. The molecule has 0 aliphatic rings. The predicted octanol–water partition coefficient (Wildman–Crippen LogP) is 3.31. The first-order chi connectivity index (χ1) is 15.6. The van der Waals surface area contributed by atoms with Crippen LogP contribution in [-0.2, 0) is 11.2 Å². The number of carbonyl (C=O) groups is 2. The molecule has 0 unspecified atom stereocenters. The fraction of sp³-hybridized carbons (Fsp3) is 0.182. The van der Waals surface area contributed by atoms with Crippen LogP contribution in [0, 0.1) is 0 Å². The molecular weight excluding hydrogens is 426 g/mol. The number of benzene rings is 2. The van der Waals surface area contributed by atoms with Crippen LogP contribution in [0.1, 0.15) is 28.6 Å². The highest BCUT2D eigenvalue weighted by Gasteiger charge is 2.14. The molecule has 2 aromatic carbocycles. The molecule has 0 bridgehead atoms. The minimum Gasteiger partial charge on any atom is -0.352 e. The molecule has 9 nitrogen and oxygen atoms in total. The Hall–Kier alpha value is -3.92. The van der Waals surface area contributed by atoms with E-state index in [2.05, 4.69) is 43.2 Å². The molecule has 162 valence electrons. The summed E-state index contributed by atoms with van der Waals surface area (Å²) in [6, 6.07) is 16.7. The van der Waals surface area contributed by atoms with Gasteiger partial charge < -0.3 is 10.6 Å². The largest absolute Gasteiger partial charge is 0.352 e. The lowest BCUT2D eigenvalue weighted by Gasteiger charge is -2.06. The van der Waals surface area contributed by atoms with Crippen molar-refractivity contribution in [3.8, 4) is 22.6 Å². The van der Waals surface area contributed by atoms with E-state index in [1.807, 2.05) is 30.3 Å². The van der Waals surface area contributed by atoms with Gasteiger partial charge in [-0.25, -0.2) is 4.98 Å². The van der Waals surface area contributed by atoms with E-state index in [-0.39, 0.29) is 24.8 Å². The van der Waals surface area contributed by atoms with Gasteiger partial charge in [0.2, 0.25) is 11.7 Å². The first kappa shape index (κ1) is 21.3. The van der Waals surface area contributed by atoms with E-state index in [0.717, 1.165) is 28.1 Å². The van der Waals surface area contributed by atoms with Crippen molar-refractivity contribution >= 4 is 28.3 Å². The zero-order valence-corrected chi connectivity index (χ0v) is 18.1. The molecule has 10 heteroatoms. The van der Waals surface area contributed by atoms with Gasteiger partial charge in [-0.2, -0.15) is 5.21 Å². The molecular formula is C22H21N7O2S. The standard InChI is InChI=1S/C22H21N7O2S/c1-2-17-19(14-6-4-3-5-7-14)25-22(32-17)24-18(30)12-13-23-21(31)16-10-8-15(9-11-16)20-26-28-29-27-20/h3-11H,2,12-13H2,1H3,(H,23,31)(H,24,25,30)(H,26,27,28,29). The molecule has 0 saturated carbocycles. The van der Waals surface area contributed by atoms with Crippen molar-refractivity contribution < 1.29 is 9.59 Å². The molecule has 0 saturated heterocycles. The molecule has 0 fully saturated rings. The number of amides is 2. The number of aromatic nitrogens is 5. The maximum Gasteiger partial charge on any atom is 0.251 e. The maximum atomic E-state index is 12.3. The minimum atomic E-state index is -0.258. The average molecular weight is 448 g/mol. The molecule has 2 aromatic heterocycles. The van der Waals surface area contributed by atoms with Crippen LogP contribution in [0.4, 0.5) is 5.13 Å². The van der Waals surface area contributed by atoms with Crippen molar-refractivity contribution in [3.05, 3.63) is 65.0 Å². The number of hydrogen-bond acceptors (Lipinski definition) is 7. The summed E-state index contributed by atoms with van der Waals surface area (Å²) in [7, 11) is 0. The first-order valence-corrected chi connectivity index (χ1v) is 10.9. The van der Waals surface area contributed by atoms with Crippen LogP contribution in [-0.4, -0.2) is 44.0 Å². The number of aryl methyl sites for hydroxylation is 1. The Morgan fingerprint density at radius 3 is 2.50 bits per heavy atom. The summed E-state index contributed by atoms with van der Waals surface area (Å²) in [6.07, 6.45) is 0.980. The van der Waals surface area contributed by atoms with Crippen molar-refractivity contribution in [2.75, 3.05) is 11.9 Å². The van der Waals surface area contributed by atoms with Crippen molar-refractivity contribution in [2.24, 2.45) is 0 Å². The van der Waals surface area contributed by atoms with Gasteiger partial charge in [0.15, 0.2) is 5.13 Å². The van der Waals surface area contributed by atoms with Crippen molar-refractivity contribution in [1.82, 2.24) is 30.9 Å². The summed E-state index contributed by atoms with van der Waals surface area (Å²) in [4.78, 5) is 30.4. The number of anilines is 1. The Balaban J connectivity index is 1.29. The van der Waals surface area contributed by atoms with Gasteiger partial charge in [0, 0.05) is 34.5 Å². The average Bonchev–Trinajstić information content (AvgIpc) is 3.50. The Morgan fingerprint density at radius 1 is 1.03 bits per heavy atom. The number of thiazole rings is 1. The SMILES string of the molecule is CCc1sc(NC(=O)CCNC(=O)c2ccc(-c3nn[nH]n3)cc2)nc1-c1ccccc1. The number of nitrogens with one attached hydrogen (secondary N) is 3. The first-order valence-electron chi connectivity index (χ1n) is 10.1. The molecule has 2 heterocycles. The molecule has 0 radical (unpaired) electrons. The highest BCUT2D eigenvalue weighted by Crippen LogP contribution is 2.31. The summed E-state index contributed by atoms with van der Waals surface area (Å²) in [5.74, 6) is -0.00224. The molecule has 4 rings (SSSR count). The van der Waals surface area contributed by atoms with Gasteiger partial charge in [0.25, 0.3) is 5.91 Å². The van der Waals surface area contributed by atoms with Crippen LogP contribution < -0.4 is 10.6 Å². The second kappa shape index (κ2) is 9.92. The van der Waals surface area contributed by atoms with Gasteiger partial charge >= 0.3 is 0 Å². The van der Waals surface area contributed by atoms with Gasteiger partial charge in [-0.05, 0) is 23.8 Å². The van der Waals surface area contributed by atoms with Crippen LogP contribution in [0.3, 0.4) is 0 Å². The Bertz CT molecular complexity index is 1190. The van der Waals surface area contributed by atoms with E-state index in [4.69, 9.17) is 0 Å². The van der Waals surface area contributed by atoms with Crippen LogP contribution in [0.2, 0.25) is 0 Å². The molecule has 0 atom stereocenters. The smallest absolute Gasteiger partial charge is 0.251 e. The Labute approximate surface area is 188 Å². The van der Waals surface area contributed by atoms with Crippen LogP contribution in [0.25, 0.3) is 22.6 Å². The van der Waals surface area contributed by atoms with Gasteiger partial charge in [0.05, 0.1) is 5.69 Å². The third-order valence-corrected chi connectivity index (χ3v) is 5.82. The van der Waals surface area contributed by atoms with E-state index in [1.165, 1.54) is 11.3 Å². The van der Waals surface area contributed by atoms with E-state index >= 15 is 0 Å². The molecule has 4 aromatic rings. The predicted molar refractivity (Wildman–Crippen MR) is 122 cm³/mol. The molecule has 0 spiro atoms. The van der Waals surface area contributed by atoms with E-state index in [9.17, 15) is 9.59 Å². The minimum absolute atomic E-state index is 0.147. The number of tetrazole rings is 1. The lowest BCUT2D eigenvalue weighted by atomic mass is 10.1. The number of H-pyrrole nitrogens is 1. The zero-order chi connectivity index (χ0) is 22.3. The maximum absolute atomic E-state index is 12.3. The lowest BCUT2D eigenvalue weighted by molar-refractivity contribution is -0.116.